The minimum atomic E-state index is -0.523. The van der Waals surface area contributed by atoms with Gasteiger partial charge in [0.05, 0.1) is 38.6 Å². The van der Waals surface area contributed by atoms with E-state index in [4.69, 9.17) is 23.2 Å². The maximum absolute atomic E-state index is 14.0. The van der Waals surface area contributed by atoms with Crippen LogP contribution in [0.3, 0.4) is 0 Å². The van der Waals surface area contributed by atoms with Gasteiger partial charge in [0.25, 0.3) is 0 Å². The number of hydrazine groups is 2. The Morgan fingerprint density at radius 3 is 2.56 bits per heavy atom. The number of nitriles is 1. The second kappa shape index (κ2) is 13.9. The minimum absolute atomic E-state index is 0.0214. The number of hydrogen-bond acceptors (Lipinski definition) is 9. The maximum atomic E-state index is 14.0. The molecule has 1 saturated heterocycles. The number of likely N-dealkylation sites (tertiary alicyclic amines) is 1. The van der Waals surface area contributed by atoms with Gasteiger partial charge in [-0.1, -0.05) is 48.3 Å². The molecule has 1 atom stereocenters. The van der Waals surface area contributed by atoms with Crippen LogP contribution in [0, 0.1) is 17.1 Å². The number of piperidine rings is 1. The number of anilines is 3. The summed E-state index contributed by atoms with van der Waals surface area (Å²) in [5, 5.41) is 20.4. The molecule has 3 aliphatic rings. The first-order valence-corrected chi connectivity index (χ1v) is 17.9. The molecule has 1 fully saturated rings. The highest BCUT2D eigenvalue weighted by atomic mass is 35.5. The zero-order valence-corrected chi connectivity index (χ0v) is 30.3. The van der Waals surface area contributed by atoms with E-state index in [9.17, 15) is 9.65 Å². The van der Waals surface area contributed by atoms with Crippen molar-refractivity contribution in [3.8, 4) is 6.07 Å². The van der Waals surface area contributed by atoms with E-state index in [0.29, 0.717) is 38.9 Å². The van der Waals surface area contributed by atoms with Gasteiger partial charge >= 0.3 is 0 Å². The van der Waals surface area contributed by atoms with Gasteiger partial charge in [-0.05, 0) is 87.2 Å². The molecule has 0 spiro atoms. The Bertz CT molecular complexity index is 2000. The monoisotopic (exact) mass is 713 g/mol. The summed E-state index contributed by atoms with van der Waals surface area (Å²) < 4.78 is 14.0. The minimum Gasteiger partial charge on any atom is -0.373 e. The Labute approximate surface area is 303 Å². The molecule has 3 aliphatic heterocycles. The number of pyridine rings is 1. The van der Waals surface area contributed by atoms with Crippen LogP contribution in [0.25, 0.3) is 10.9 Å². The van der Waals surface area contributed by atoms with E-state index in [-0.39, 0.29) is 16.6 Å². The normalized spacial score (nSPS) is 17.7. The molecule has 0 aliphatic carbocycles. The third-order valence-electron chi connectivity index (χ3n) is 10.1. The van der Waals surface area contributed by atoms with Gasteiger partial charge in [0.15, 0.2) is 0 Å². The second-order valence-corrected chi connectivity index (χ2v) is 15.1. The molecule has 0 saturated carbocycles. The third kappa shape index (κ3) is 6.81. The molecule has 4 aromatic rings. The zero-order valence-electron chi connectivity index (χ0n) is 28.7. The second-order valence-electron chi connectivity index (χ2n) is 14.2. The van der Waals surface area contributed by atoms with Crippen molar-refractivity contribution >= 4 is 51.2 Å². The van der Waals surface area contributed by atoms with Crippen molar-refractivity contribution in [2.24, 2.45) is 0 Å². The summed E-state index contributed by atoms with van der Waals surface area (Å²) in [5.74, 6) is -0.523. The Morgan fingerprint density at radius 1 is 1.06 bits per heavy atom. The Balaban J connectivity index is 1.26. The Kier molecular flexibility index (Phi) is 9.54. The molecule has 3 aromatic carbocycles. The first kappa shape index (κ1) is 34.3. The molecule has 4 N–H and O–H groups in total. The lowest BCUT2D eigenvalue weighted by atomic mass is 9.95. The molecule has 1 aromatic heterocycles. The summed E-state index contributed by atoms with van der Waals surface area (Å²) >= 11 is 13.0. The lowest BCUT2D eigenvalue weighted by Gasteiger charge is -2.42. The first-order chi connectivity index (χ1) is 24.0. The van der Waals surface area contributed by atoms with E-state index < -0.39 is 5.82 Å². The van der Waals surface area contributed by atoms with Gasteiger partial charge in [0, 0.05) is 66.9 Å². The molecule has 0 amide bonds. The van der Waals surface area contributed by atoms with Crippen molar-refractivity contribution in [1.82, 2.24) is 30.8 Å². The highest BCUT2D eigenvalue weighted by Gasteiger charge is 2.33. The van der Waals surface area contributed by atoms with E-state index >= 15 is 0 Å². The van der Waals surface area contributed by atoms with Crippen LogP contribution >= 0.6 is 23.2 Å². The number of nitrogens with zero attached hydrogens (tertiary/aromatic N) is 5. The number of aromatic nitrogens is 1. The van der Waals surface area contributed by atoms with Crippen molar-refractivity contribution in [1.29, 1.82) is 5.26 Å². The van der Waals surface area contributed by atoms with E-state index in [1.807, 2.05) is 12.1 Å². The van der Waals surface area contributed by atoms with Crippen LogP contribution in [0.4, 0.5) is 21.5 Å². The molecule has 50 heavy (non-hydrogen) atoms. The summed E-state index contributed by atoms with van der Waals surface area (Å²) in [5.41, 5.74) is 14.6. The number of nitrogens with one attached hydrogen (secondary N) is 4. The van der Waals surface area contributed by atoms with Crippen LogP contribution < -0.4 is 21.6 Å². The van der Waals surface area contributed by atoms with Gasteiger partial charge in [-0.3, -0.25) is 19.8 Å². The smallest absolute Gasteiger partial charge is 0.141 e. The fourth-order valence-electron chi connectivity index (χ4n) is 7.28. The first-order valence-electron chi connectivity index (χ1n) is 17.1. The quantitative estimate of drug-likeness (QED) is 0.144. The number of benzene rings is 3. The number of rotatable bonds is 8. The van der Waals surface area contributed by atoms with Gasteiger partial charge < -0.3 is 16.1 Å². The van der Waals surface area contributed by atoms with E-state index in [2.05, 4.69) is 99.6 Å². The van der Waals surface area contributed by atoms with Gasteiger partial charge in [-0.2, -0.15) is 5.26 Å². The lowest BCUT2D eigenvalue weighted by molar-refractivity contribution is 0.0570. The van der Waals surface area contributed by atoms with Crippen molar-refractivity contribution in [2.75, 3.05) is 30.3 Å². The molecule has 4 heterocycles. The molecular weight excluding hydrogens is 672 g/mol. The van der Waals surface area contributed by atoms with Crippen molar-refractivity contribution in [3.63, 3.8) is 0 Å². The third-order valence-corrected chi connectivity index (χ3v) is 10.7. The molecule has 0 bridgehead atoms. The predicted octanol–water partition coefficient (Wildman–Crippen LogP) is 8.21. The van der Waals surface area contributed by atoms with Crippen molar-refractivity contribution in [2.45, 2.75) is 71.2 Å². The van der Waals surface area contributed by atoms with Gasteiger partial charge in [0.2, 0.25) is 0 Å². The molecular formula is C38H42Cl2FN9. The summed E-state index contributed by atoms with van der Waals surface area (Å²) in [4.78, 5) is 9.53. The molecule has 0 unspecified atom stereocenters. The van der Waals surface area contributed by atoms with Crippen LogP contribution in [0.5, 0.6) is 0 Å². The van der Waals surface area contributed by atoms with Crippen LogP contribution in [0.15, 0.2) is 66.6 Å². The topological polar surface area (TPSA) is 94.5 Å². The SMILES string of the molecule is CCN1Cc2cccc([C@H](Nc3cc(Cl)c4ncc(C#N)c(Nc5ccc(F)c(Cl)c5)c4c3)C3=CN(C4CCN(C(C)(C)C)CC4)NN3)c2C1. The van der Waals surface area contributed by atoms with Gasteiger partial charge in [0.1, 0.15) is 11.9 Å². The molecule has 260 valence electrons. The highest BCUT2D eigenvalue weighted by molar-refractivity contribution is 6.36. The average Bonchev–Trinajstić information content (AvgIpc) is 3.77. The number of fused-ring (bicyclic) bond motifs is 2. The summed E-state index contributed by atoms with van der Waals surface area (Å²) in [7, 11) is 0. The van der Waals surface area contributed by atoms with Crippen molar-refractivity contribution < 1.29 is 4.39 Å². The summed E-state index contributed by atoms with van der Waals surface area (Å²) in [6.45, 7) is 13.9. The maximum Gasteiger partial charge on any atom is 0.141 e. The molecule has 9 nitrogen and oxygen atoms in total. The standard InChI is InChI=1S/C38H42Cl2FN9/c1-5-48-20-23-7-6-8-28(30(23)21-48)37(34-22-50(47-46-34)27-11-13-49(14-12-27)38(2,3)4)45-26-15-29-35(44-25-9-10-33(41)31(39)16-25)24(18-42)19-43-36(29)32(40)17-26/h6-10,15-17,19,22,27,37,45-47H,5,11-14,20-21H2,1-4H3,(H,43,44)/t37-/m0/s1. The van der Waals surface area contributed by atoms with Crippen molar-refractivity contribution in [3.05, 3.63) is 105 Å². The van der Waals surface area contributed by atoms with E-state index in [1.165, 1.54) is 35.0 Å². The van der Waals surface area contributed by atoms with Crippen LogP contribution in [-0.2, 0) is 13.1 Å². The largest absolute Gasteiger partial charge is 0.373 e. The fraction of sp³-hybridized carbons (Fsp3) is 0.368. The Hall–Kier alpha value is -4.11. The number of hydrogen-bond donors (Lipinski definition) is 4. The van der Waals surface area contributed by atoms with Gasteiger partial charge in [-0.25, -0.2) is 4.39 Å². The van der Waals surface area contributed by atoms with Crippen LogP contribution in [-0.4, -0.2) is 51.0 Å². The van der Waals surface area contributed by atoms with E-state index in [0.717, 1.165) is 56.9 Å². The zero-order chi connectivity index (χ0) is 35.2. The summed E-state index contributed by atoms with van der Waals surface area (Å²) in [6.07, 6.45) is 5.81. The Morgan fingerprint density at radius 2 is 1.84 bits per heavy atom. The molecule has 12 heteroatoms. The van der Waals surface area contributed by atoms with Gasteiger partial charge in [-0.15, -0.1) is 5.53 Å². The highest BCUT2D eigenvalue weighted by Crippen LogP contribution is 2.39. The average molecular weight is 715 g/mol. The number of halogens is 3. The van der Waals surface area contributed by atoms with Crippen LogP contribution in [0.1, 0.15) is 68.8 Å². The van der Waals surface area contributed by atoms with Crippen LogP contribution in [0.2, 0.25) is 10.0 Å². The predicted molar refractivity (Wildman–Crippen MR) is 199 cm³/mol. The fourth-order valence-corrected chi connectivity index (χ4v) is 7.73. The molecule has 7 rings (SSSR count). The summed E-state index contributed by atoms with van der Waals surface area (Å²) in [6, 6.07) is 17.1. The lowest BCUT2D eigenvalue weighted by Crippen LogP contribution is -2.52. The molecule has 0 radical (unpaired) electrons. The van der Waals surface area contributed by atoms with E-state index in [1.54, 1.807) is 6.07 Å².